The molecule has 0 spiro atoms. The number of carbonyl (C=O) groups excluding carboxylic acids is 1. The Morgan fingerprint density at radius 3 is 1.81 bits per heavy atom. The van der Waals surface area contributed by atoms with E-state index in [2.05, 4.69) is 82.8 Å². The van der Waals surface area contributed by atoms with Gasteiger partial charge in [-0.25, -0.2) is 0 Å². The van der Waals surface area contributed by atoms with Gasteiger partial charge in [-0.05, 0) is 21.3 Å². The minimum absolute atomic E-state index is 0.0553. The Labute approximate surface area is 159 Å². The van der Waals surface area contributed by atoms with Crippen molar-refractivity contribution in [3.8, 4) is 0 Å². The first kappa shape index (κ1) is 20.3. The molecule has 0 amide bonds. The predicted octanol–water partition coefficient (Wildman–Crippen LogP) is 4.20. The molecule has 2 rings (SSSR count). The third-order valence-electron chi connectivity index (χ3n) is 5.07. The zero-order valence-electron chi connectivity index (χ0n) is 16.3. The van der Waals surface area contributed by atoms with Crippen molar-refractivity contribution in [2.75, 3.05) is 6.61 Å². The lowest BCUT2D eigenvalue weighted by molar-refractivity contribution is -0.111. The molecular formula is C23H30O2Si. The number of hydrogen-bond donors (Lipinski definition) is 0. The van der Waals surface area contributed by atoms with Gasteiger partial charge >= 0.3 is 0 Å². The summed E-state index contributed by atoms with van der Waals surface area (Å²) in [5.41, 5.74) is 0. The van der Waals surface area contributed by atoms with Crippen LogP contribution >= 0.6 is 0 Å². The quantitative estimate of drug-likeness (QED) is 0.398. The smallest absolute Gasteiger partial charge is 0.261 e. The maximum atomic E-state index is 11.3. The minimum Gasteiger partial charge on any atom is -0.407 e. The van der Waals surface area contributed by atoms with Gasteiger partial charge in [-0.2, -0.15) is 0 Å². The van der Waals surface area contributed by atoms with Crippen molar-refractivity contribution in [1.29, 1.82) is 0 Å². The van der Waals surface area contributed by atoms with Gasteiger partial charge in [0.15, 0.2) is 0 Å². The van der Waals surface area contributed by atoms with Gasteiger partial charge in [0.1, 0.15) is 6.29 Å². The summed E-state index contributed by atoms with van der Waals surface area (Å²) in [5.74, 6) is -0.0973. The van der Waals surface area contributed by atoms with E-state index >= 15 is 0 Å². The third kappa shape index (κ3) is 4.05. The Bertz CT molecular complexity index is 656. The van der Waals surface area contributed by atoms with Gasteiger partial charge < -0.3 is 9.22 Å². The Morgan fingerprint density at radius 2 is 1.46 bits per heavy atom. The van der Waals surface area contributed by atoms with Gasteiger partial charge in [-0.1, -0.05) is 94.4 Å². The van der Waals surface area contributed by atoms with Crippen molar-refractivity contribution in [2.24, 2.45) is 11.8 Å². The topological polar surface area (TPSA) is 26.3 Å². The summed E-state index contributed by atoms with van der Waals surface area (Å²) in [6, 6.07) is 21.1. The van der Waals surface area contributed by atoms with Crippen LogP contribution in [0.4, 0.5) is 0 Å². The fourth-order valence-corrected chi connectivity index (χ4v) is 8.22. The van der Waals surface area contributed by atoms with Gasteiger partial charge in [-0.15, -0.1) is 6.58 Å². The molecule has 0 aliphatic rings. The molecular weight excluding hydrogens is 336 g/mol. The van der Waals surface area contributed by atoms with Crippen LogP contribution in [0.25, 0.3) is 0 Å². The second kappa shape index (κ2) is 8.61. The monoisotopic (exact) mass is 366 g/mol. The van der Waals surface area contributed by atoms with Crippen LogP contribution in [0.3, 0.4) is 0 Å². The van der Waals surface area contributed by atoms with E-state index in [0.29, 0.717) is 6.61 Å². The van der Waals surface area contributed by atoms with Gasteiger partial charge in [0, 0.05) is 12.5 Å². The summed E-state index contributed by atoms with van der Waals surface area (Å²) in [4.78, 5) is 11.3. The predicted molar refractivity (Wildman–Crippen MR) is 112 cm³/mol. The molecule has 0 aromatic heterocycles. The maximum Gasteiger partial charge on any atom is 0.261 e. The van der Waals surface area contributed by atoms with Crippen molar-refractivity contribution in [2.45, 2.75) is 32.7 Å². The molecule has 138 valence electrons. The molecule has 3 heteroatoms. The minimum atomic E-state index is -2.53. The second-order valence-electron chi connectivity index (χ2n) is 7.90. The highest BCUT2D eigenvalue weighted by atomic mass is 28.4. The Hall–Kier alpha value is -1.97. The lowest BCUT2D eigenvalue weighted by Gasteiger charge is -2.43. The van der Waals surface area contributed by atoms with E-state index in [9.17, 15) is 4.79 Å². The van der Waals surface area contributed by atoms with Crippen LogP contribution in [0.5, 0.6) is 0 Å². The van der Waals surface area contributed by atoms with Gasteiger partial charge in [-0.3, -0.25) is 0 Å². The highest BCUT2D eigenvalue weighted by Gasteiger charge is 2.50. The van der Waals surface area contributed by atoms with Crippen LogP contribution in [-0.4, -0.2) is 21.2 Å². The van der Waals surface area contributed by atoms with E-state index in [1.807, 2.05) is 12.1 Å². The fraction of sp³-hybridized carbons (Fsp3) is 0.348. The van der Waals surface area contributed by atoms with E-state index in [-0.39, 0.29) is 16.9 Å². The van der Waals surface area contributed by atoms with Crippen LogP contribution in [0.15, 0.2) is 73.3 Å². The summed E-state index contributed by atoms with van der Waals surface area (Å²) in [5, 5.41) is 2.46. The summed E-state index contributed by atoms with van der Waals surface area (Å²) in [6.07, 6.45) is 2.68. The van der Waals surface area contributed by atoms with Crippen LogP contribution < -0.4 is 10.4 Å². The maximum absolute atomic E-state index is 11.3. The number of rotatable bonds is 8. The molecule has 2 aromatic carbocycles. The van der Waals surface area contributed by atoms with Crippen LogP contribution in [0.1, 0.15) is 27.7 Å². The first-order valence-electron chi connectivity index (χ1n) is 9.19. The average Bonchev–Trinajstić information content (AvgIpc) is 2.64. The Balaban J connectivity index is 2.54. The lowest BCUT2D eigenvalue weighted by Crippen LogP contribution is -2.67. The first-order valence-corrected chi connectivity index (χ1v) is 11.1. The highest BCUT2D eigenvalue weighted by molar-refractivity contribution is 6.99. The number of hydrogen-bond acceptors (Lipinski definition) is 2. The van der Waals surface area contributed by atoms with Crippen molar-refractivity contribution in [3.05, 3.63) is 73.3 Å². The van der Waals surface area contributed by atoms with E-state index in [0.717, 1.165) is 6.29 Å². The number of allylic oxidation sites excluding steroid dienone is 1. The molecule has 0 N–H and O–H groups in total. The van der Waals surface area contributed by atoms with E-state index in [4.69, 9.17) is 4.43 Å². The molecule has 0 fully saturated rings. The summed E-state index contributed by atoms with van der Waals surface area (Å²) < 4.78 is 6.84. The van der Waals surface area contributed by atoms with E-state index < -0.39 is 8.32 Å². The fourth-order valence-electron chi connectivity index (χ4n) is 3.55. The Morgan fingerprint density at radius 1 is 1.00 bits per heavy atom. The van der Waals surface area contributed by atoms with Crippen LogP contribution in [0, 0.1) is 11.8 Å². The molecule has 0 heterocycles. The van der Waals surface area contributed by atoms with Crippen molar-refractivity contribution in [3.63, 3.8) is 0 Å². The van der Waals surface area contributed by atoms with Crippen LogP contribution in [0.2, 0.25) is 5.04 Å². The molecule has 26 heavy (non-hydrogen) atoms. The SMILES string of the molecule is C=C[C@@H](C=O)[C@H](C)CO[Si](c1ccccc1)(c1ccccc1)C(C)(C)C. The van der Waals surface area contributed by atoms with Gasteiger partial charge in [0.05, 0.1) is 0 Å². The van der Waals surface area contributed by atoms with E-state index in [1.165, 1.54) is 10.4 Å². The molecule has 0 aliphatic heterocycles. The third-order valence-corrected chi connectivity index (χ3v) is 10.1. The first-order chi connectivity index (χ1) is 12.4. The summed E-state index contributed by atoms with van der Waals surface area (Å²) >= 11 is 0. The van der Waals surface area contributed by atoms with Gasteiger partial charge in [0.25, 0.3) is 8.32 Å². The molecule has 0 bridgehead atoms. The van der Waals surface area contributed by atoms with Gasteiger partial charge in [0.2, 0.25) is 0 Å². The molecule has 0 radical (unpaired) electrons. The molecule has 0 unspecified atom stereocenters. The van der Waals surface area contributed by atoms with Crippen LogP contribution in [-0.2, 0) is 9.22 Å². The Kier molecular flexibility index (Phi) is 6.73. The molecule has 2 aromatic rings. The van der Waals surface area contributed by atoms with Crippen molar-refractivity contribution >= 4 is 25.0 Å². The second-order valence-corrected chi connectivity index (χ2v) is 12.2. The van der Waals surface area contributed by atoms with E-state index in [1.54, 1.807) is 6.08 Å². The highest BCUT2D eigenvalue weighted by Crippen LogP contribution is 2.37. The number of carbonyl (C=O) groups is 1. The molecule has 0 aliphatic carbocycles. The van der Waals surface area contributed by atoms with Crippen molar-refractivity contribution < 1.29 is 9.22 Å². The summed E-state index contributed by atoms with van der Waals surface area (Å²) in [7, 11) is -2.53. The standard InChI is InChI=1S/C23H30O2Si/c1-6-20(17-24)19(2)18-25-26(23(3,4)5,21-13-9-7-10-14-21)22-15-11-8-12-16-22/h6-17,19-20H,1,18H2,2-5H3/t19-,20+/m1/s1. The zero-order chi connectivity index (χ0) is 19.2. The molecule has 0 saturated carbocycles. The summed E-state index contributed by atoms with van der Waals surface area (Å²) in [6.45, 7) is 13.1. The molecule has 2 nitrogen and oxygen atoms in total. The molecule has 2 atom stereocenters. The normalized spacial score (nSPS) is 14.5. The zero-order valence-corrected chi connectivity index (χ0v) is 17.3. The van der Waals surface area contributed by atoms with Crippen molar-refractivity contribution in [1.82, 2.24) is 0 Å². The molecule has 0 saturated heterocycles. The number of benzene rings is 2. The average molecular weight is 367 g/mol. The number of aldehydes is 1. The lowest BCUT2D eigenvalue weighted by atomic mass is 9.97. The largest absolute Gasteiger partial charge is 0.407 e.